The second-order valence-electron chi connectivity index (χ2n) is 10.6. The summed E-state index contributed by atoms with van der Waals surface area (Å²) in [6.45, 7) is 19.9. The van der Waals surface area contributed by atoms with Crippen LogP contribution in [0.5, 0.6) is 0 Å². The van der Waals surface area contributed by atoms with E-state index >= 15 is 0 Å². The van der Waals surface area contributed by atoms with Crippen LogP contribution < -0.4 is 14.7 Å². The fourth-order valence-corrected chi connectivity index (χ4v) is 7.81. The van der Waals surface area contributed by atoms with E-state index in [0.717, 1.165) is 26.2 Å². The number of rotatable bonds is 4. The van der Waals surface area contributed by atoms with Crippen LogP contribution in [0.25, 0.3) is 0 Å². The van der Waals surface area contributed by atoms with Crippen LogP contribution in [0.2, 0.25) is 0 Å². The number of para-hydroxylation sites is 1. The van der Waals surface area contributed by atoms with E-state index in [4.69, 9.17) is 19.4 Å². The molecule has 6 heteroatoms. The predicted molar refractivity (Wildman–Crippen MR) is 165 cm³/mol. The van der Waals surface area contributed by atoms with E-state index in [2.05, 4.69) is 105 Å². The van der Waals surface area contributed by atoms with E-state index in [0.29, 0.717) is 0 Å². The zero-order valence-electron chi connectivity index (χ0n) is 23.5. The molecule has 0 N–H and O–H groups in total. The SMILES string of the molecule is Cc1cc(C)c(N2[CH-]N(c3c(C)cc(C)cc3C)CC2)c(C)c1.[Cl][Ru]([Cl])=[CH]c1ccccc1N1CCCC1. The van der Waals surface area contributed by atoms with Gasteiger partial charge in [-0.2, -0.15) is 6.67 Å². The molecule has 0 saturated carbocycles. The van der Waals surface area contributed by atoms with Crippen LogP contribution in [0.3, 0.4) is 0 Å². The van der Waals surface area contributed by atoms with Crippen LogP contribution in [0.1, 0.15) is 51.8 Å². The van der Waals surface area contributed by atoms with Gasteiger partial charge in [0.1, 0.15) is 0 Å². The molecule has 0 spiro atoms. The van der Waals surface area contributed by atoms with Crippen molar-refractivity contribution in [3.63, 3.8) is 0 Å². The van der Waals surface area contributed by atoms with E-state index in [1.807, 2.05) is 10.7 Å². The summed E-state index contributed by atoms with van der Waals surface area (Å²) in [4.78, 5) is 7.22. The maximum absolute atomic E-state index is 5.93. The van der Waals surface area contributed by atoms with Crippen LogP contribution in [0, 0.1) is 48.2 Å². The van der Waals surface area contributed by atoms with Gasteiger partial charge in [0, 0.05) is 24.5 Å². The molecule has 3 aromatic carbocycles. The summed E-state index contributed by atoms with van der Waals surface area (Å²) in [5.74, 6) is 0. The van der Waals surface area contributed by atoms with Gasteiger partial charge in [-0.3, -0.25) is 0 Å². The van der Waals surface area contributed by atoms with E-state index in [9.17, 15) is 0 Å². The third kappa shape index (κ3) is 7.01. The summed E-state index contributed by atoms with van der Waals surface area (Å²) in [5.41, 5.74) is 13.3. The molecule has 5 rings (SSSR count). The molecule has 38 heavy (non-hydrogen) atoms. The summed E-state index contributed by atoms with van der Waals surface area (Å²) in [6, 6.07) is 17.5. The second kappa shape index (κ2) is 13.0. The molecule has 0 aliphatic carbocycles. The molecule has 0 amide bonds. The van der Waals surface area contributed by atoms with Crippen LogP contribution in [-0.4, -0.2) is 30.8 Å². The summed E-state index contributed by atoms with van der Waals surface area (Å²) in [6.07, 6.45) is 2.58. The topological polar surface area (TPSA) is 9.72 Å². The standard InChI is InChI=1S/C21H27N2.C11H13N.2ClH.Ru/c1-14-9-16(3)20(17(4)10-14)22-7-8-23(13-22)21-18(5)11-15(2)12-19(21)6;1-10-6-2-3-7-11(10)12-8-4-5-9-12;;;/h9-13H,7-8H2,1-6H3;1-3,6-7H,4-5,8-9H2;2*1H;/q-1;;;;+2/p-2. The minimum atomic E-state index is -1.72. The number of hydrogen-bond donors (Lipinski definition) is 0. The van der Waals surface area contributed by atoms with Crippen molar-refractivity contribution in [2.45, 2.75) is 54.4 Å². The van der Waals surface area contributed by atoms with Crippen molar-refractivity contribution >= 4 is 41.1 Å². The molecular formula is C32H40Cl2N3Ru-. The minimum absolute atomic E-state index is 1.04. The van der Waals surface area contributed by atoms with Gasteiger partial charge in [0.05, 0.1) is 0 Å². The number of hydrogen-bond acceptors (Lipinski definition) is 3. The molecule has 3 nitrogen and oxygen atoms in total. The van der Waals surface area contributed by atoms with Crippen molar-refractivity contribution in [1.82, 2.24) is 0 Å². The molecule has 3 aromatic rings. The Morgan fingerprint density at radius 2 is 1.13 bits per heavy atom. The van der Waals surface area contributed by atoms with E-state index < -0.39 is 13.5 Å². The van der Waals surface area contributed by atoms with E-state index in [-0.39, 0.29) is 0 Å². The maximum atomic E-state index is 5.93. The number of benzene rings is 3. The summed E-state index contributed by atoms with van der Waals surface area (Å²) in [5, 5.41) is 0. The van der Waals surface area contributed by atoms with Gasteiger partial charge < -0.3 is 9.80 Å². The van der Waals surface area contributed by atoms with E-state index in [1.54, 1.807) is 0 Å². The Morgan fingerprint density at radius 3 is 1.58 bits per heavy atom. The van der Waals surface area contributed by atoms with Crippen molar-refractivity contribution in [2.75, 3.05) is 40.9 Å². The first-order valence-electron chi connectivity index (χ1n) is 13.3. The fourth-order valence-electron chi connectivity index (χ4n) is 5.99. The summed E-state index contributed by atoms with van der Waals surface area (Å²) >= 11 is -1.72. The molecule has 2 aliphatic rings. The van der Waals surface area contributed by atoms with Crippen molar-refractivity contribution in [2.24, 2.45) is 0 Å². The Balaban J connectivity index is 0.000000194. The molecule has 2 fully saturated rings. The first-order chi connectivity index (χ1) is 18.1. The Morgan fingerprint density at radius 1 is 0.684 bits per heavy atom. The van der Waals surface area contributed by atoms with Gasteiger partial charge >= 0.3 is 104 Å². The molecular weight excluding hydrogens is 598 g/mol. The Labute approximate surface area is 242 Å². The van der Waals surface area contributed by atoms with Crippen molar-refractivity contribution in [3.05, 3.63) is 94.1 Å². The third-order valence-electron chi connectivity index (χ3n) is 7.28. The zero-order chi connectivity index (χ0) is 27.4. The second-order valence-corrected chi connectivity index (χ2v) is 16.3. The molecule has 0 bridgehead atoms. The number of nitrogens with zero attached hydrogens (tertiary/aromatic N) is 3. The molecule has 2 saturated heterocycles. The Bertz CT molecular complexity index is 1200. The van der Waals surface area contributed by atoms with Gasteiger partial charge in [-0.05, 0) is 63.8 Å². The zero-order valence-corrected chi connectivity index (χ0v) is 26.7. The first-order valence-corrected chi connectivity index (χ1v) is 18.8. The molecule has 206 valence electrons. The molecule has 0 radical (unpaired) electrons. The van der Waals surface area contributed by atoms with Gasteiger partial charge in [-0.1, -0.05) is 35.4 Å². The number of aryl methyl sites for hydroxylation is 6. The van der Waals surface area contributed by atoms with Crippen molar-refractivity contribution < 1.29 is 13.5 Å². The predicted octanol–water partition coefficient (Wildman–Crippen LogP) is 8.35. The average Bonchev–Trinajstić information content (AvgIpc) is 3.51. The van der Waals surface area contributed by atoms with Gasteiger partial charge in [0.15, 0.2) is 0 Å². The molecule has 0 aromatic heterocycles. The summed E-state index contributed by atoms with van der Waals surface area (Å²) in [7, 11) is 11.9. The van der Waals surface area contributed by atoms with E-state index in [1.165, 1.54) is 68.8 Å². The number of halogens is 2. The molecule has 2 aliphatic heterocycles. The third-order valence-corrected chi connectivity index (χ3v) is 9.11. The summed E-state index contributed by atoms with van der Waals surface area (Å²) < 4.78 is 2.03. The molecule has 0 unspecified atom stereocenters. The van der Waals surface area contributed by atoms with Crippen molar-refractivity contribution in [3.8, 4) is 0 Å². The monoisotopic (exact) mass is 638 g/mol. The van der Waals surface area contributed by atoms with Crippen LogP contribution in [0.4, 0.5) is 17.1 Å². The normalized spacial score (nSPS) is 15.5. The Hall–Kier alpha value is -1.87. The van der Waals surface area contributed by atoms with Crippen LogP contribution >= 0.6 is 19.4 Å². The van der Waals surface area contributed by atoms with Crippen molar-refractivity contribution in [1.29, 1.82) is 0 Å². The quantitative estimate of drug-likeness (QED) is 0.210. The van der Waals surface area contributed by atoms with Gasteiger partial charge in [0.25, 0.3) is 0 Å². The Kier molecular flexibility index (Phi) is 9.96. The average molecular weight is 639 g/mol. The molecule has 0 atom stereocenters. The fraction of sp³-hybridized carbons (Fsp3) is 0.375. The van der Waals surface area contributed by atoms with Gasteiger partial charge in [0.2, 0.25) is 0 Å². The van der Waals surface area contributed by atoms with Crippen LogP contribution in [0.15, 0.2) is 48.5 Å². The van der Waals surface area contributed by atoms with Gasteiger partial charge in [-0.15, -0.1) is 0 Å². The first kappa shape index (κ1) is 29.1. The van der Waals surface area contributed by atoms with Crippen LogP contribution in [-0.2, 0) is 13.5 Å². The molecule has 2 heterocycles. The van der Waals surface area contributed by atoms with Gasteiger partial charge in [-0.25, -0.2) is 0 Å². The number of anilines is 3.